The molecule has 0 saturated carbocycles. The lowest BCUT2D eigenvalue weighted by Gasteiger charge is -2.20. The predicted molar refractivity (Wildman–Crippen MR) is 132 cm³/mol. The molecule has 0 unspecified atom stereocenters. The highest BCUT2D eigenvalue weighted by Gasteiger charge is 2.20. The molecule has 174 valence electrons. The van der Waals surface area contributed by atoms with E-state index in [0.29, 0.717) is 47.9 Å². The molecule has 3 heterocycles. The summed E-state index contributed by atoms with van der Waals surface area (Å²) < 4.78 is 19.4. The maximum absolute atomic E-state index is 12.8. The number of hydrogen-bond acceptors (Lipinski definition) is 7. The minimum absolute atomic E-state index is 0.165. The number of ether oxygens (including phenoxy) is 2. The number of anilines is 1. The van der Waals surface area contributed by atoms with Crippen LogP contribution >= 0.6 is 27.7 Å². The number of nitrogens with one attached hydrogen (secondary N) is 1. The van der Waals surface area contributed by atoms with E-state index in [9.17, 15) is 4.79 Å². The number of carbonyl (C=O) groups is 1. The largest absolute Gasteiger partial charge is 0.486 e. The van der Waals surface area contributed by atoms with Crippen molar-refractivity contribution in [2.75, 3.05) is 24.3 Å². The molecule has 0 saturated heterocycles. The molecule has 1 amide bonds. The Morgan fingerprint density at radius 1 is 1.12 bits per heavy atom. The van der Waals surface area contributed by atoms with E-state index in [0.717, 1.165) is 21.4 Å². The Bertz CT molecular complexity index is 1320. The molecule has 1 aliphatic heterocycles. The smallest absolute Gasteiger partial charge is 0.234 e. The Balaban J connectivity index is 1.34. The van der Waals surface area contributed by atoms with Gasteiger partial charge in [-0.3, -0.25) is 9.36 Å². The third-order valence-electron chi connectivity index (χ3n) is 5.24. The second-order valence-electron chi connectivity index (χ2n) is 7.58. The van der Waals surface area contributed by atoms with Gasteiger partial charge in [0.25, 0.3) is 0 Å². The van der Waals surface area contributed by atoms with Crippen LogP contribution in [0.2, 0.25) is 0 Å². The van der Waals surface area contributed by atoms with Crippen molar-refractivity contribution in [3.8, 4) is 22.9 Å². The Labute approximate surface area is 208 Å². The molecular weight excluding hydrogens is 520 g/mol. The Hall–Kier alpha value is -3.24. The summed E-state index contributed by atoms with van der Waals surface area (Å²) in [5.41, 5.74) is 2.60. The second kappa shape index (κ2) is 9.94. The quantitative estimate of drug-likeness (QED) is 0.323. The third-order valence-corrected chi connectivity index (χ3v) is 6.86. The molecule has 1 aliphatic rings. The van der Waals surface area contributed by atoms with Crippen LogP contribution in [-0.4, -0.2) is 39.6 Å². The second-order valence-corrected chi connectivity index (χ2v) is 9.38. The van der Waals surface area contributed by atoms with Gasteiger partial charge in [0.15, 0.2) is 22.5 Å². The van der Waals surface area contributed by atoms with Crippen molar-refractivity contribution in [2.24, 2.45) is 0 Å². The van der Waals surface area contributed by atoms with E-state index >= 15 is 0 Å². The summed E-state index contributed by atoms with van der Waals surface area (Å²) in [5.74, 6) is 2.73. The van der Waals surface area contributed by atoms with Crippen LogP contribution in [0.4, 0.5) is 5.69 Å². The predicted octanol–water partition coefficient (Wildman–Crippen LogP) is 5.16. The number of carbonyl (C=O) groups excluding carboxylic acids is 1. The van der Waals surface area contributed by atoms with Gasteiger partial charge < -0.3 is 19.2 Å². The van der Waals surface area contributed by atoms with Gasteiger partial charge in [0.05, 0.1) is 29.8 Å². The molecule has 5 rings (SSSR count). The molecule has 0 atom stereocenters. The molecule has 0 aliphatic carbocycles. The normalized spacial score (nSPS) is 12.5. The van der Waals surface area contributed by atoms with Crippen molar-refractivity contribution in [1.82, 2.24) is 14.8 Å². The molecular formula is C24H21BrN4O4S. The highest BCUT2D eigenvalue weighted by atomic mass is 79.9. The lowest BCUT2D eigenvalue weighted by molar-refractivity contribution is -0.113. The lowest BCUT2D eigenvalue weighted by atomic mass is 10.2. The van der Waals surface area contributed by atoms with Crippen LogP contribution in [-0.2, 0) is 11.3 Å². The van der Waals surface area contributed by atoms with Gasteiger partial charge in [0, 0.05) is 16.6 Å². The molecule has 8 nitrogen and oxygen atoms in total. The monoisotopic (exact) mass is 540 g/mol. The summed E-state index contributed by atoms with van der Waals surface area (Å²) in [6.45, 7) is 3.45. The van der Waals surface area contributed by atoms with Gasteiger partial charge in [0.1, 0.15) is 19.0 Å². The first kappa shape index (κ1) is 22.5. The number of benzene rings is 2. The van der Waals surface area contributed by atoms with E-state index in [1.165, 1.54) is 11.8 Å². The van der Waals surface area contributed by atoms with E-state index in [4.69, 9.17) is 13.9 Å². The number of thioether (sulfide) groups is 1. The van der Waals surface area contributed by atoms with Crippen LogP contribution in [0.15, 0.2) is 68.8 Å². The third kappa shape index (κ3) is 4.83. The summed E-state index contributed by atoms with van der Waals surface area (Å²) in [5, 5.41) is 12.4. The topological polar surface area (TPSA) is 91.4 Å². The zero-order chi connectivity index (χ0) is 23.5. The molecule has 0 spiro atoms. The maximum atomic E-state index is 12.8. The van der Waals surface area contributed by atoms with Gasteiger partial charge in [-0.1, -0.05) is 42.1 Å². The Morgan fingerprint density at radius 3 is 2.62 bits per heavy atom. The van der Waals surface area contributed by atoms with Crippen LogP contribution in [0.3, 0.4) is 0 Å². The number of hydrogen-bond donors (Lipinski definition) is 1. The first-order chi connectivity index (χ1) is 16.6. The average molecular weight is 541 g/mol. The number of fused-ring (bicyclic) bond motifs is 1. The van der Waals surface area contributed by atoms with E-state index in [2.05, 4.69) is 31.4 Å². The van der Waals surface area contributed by atoms with E-state index < -0.39 is 0 Å². The number of rotatable bonds is 7. The van der Waals surface area contributed by atoms with Crippen molar-refractivity contribution < 1.29 is 18.7 Å². The average Bonchev–Trinajstić information content (AvgIpc) is 3.44. The summed E-state index contributed by atoms with van der Waals surface area (Å²) in [4.78, 5) is 12.8. The fourth-order valence-electron chi connectivity index (χ4n) is 3.60. The zero-order valence-corrected chi connectivity index (χ0v) is 20.7. The van der Waals surface area contributed by atoms with Crippen molar-refractivity contribution in [1.29, 1.82) is 0 Å². The fourth-order valence-corrected chi connectivity index (χ4v) is 4.76. The number of furan rings is 1. The molecule has 34 heavy (non-hydrogen) atoms. The van der Waals surface area contributed by atoms with Gasteiger partial charge in [-0.25, -0.2) is 0 Å². The van der Waals surface area contributed by atoms with Gasteiger partial charge in [-0.15, -0.1) is 10.2 Å². The van der Waals surface area contributed by atoms with Crippen LogP contribution in [0.25, 0.3) is 11.4 Å². The zero-order valence-electron chi connectivity index (χ0n) is 18.3. The molecule has 1 N–H and O–H groups in total. The molecule has 0 radical (unpaired) electrons. The maximum Gasteiger partial charge on any atom is 0.234 e. The van der Waals surface area contributed by atoms with Crippen LogP contribution in [0.5, 0.6) is 11.5 Å². The number of aryl methyl sites for hydroxylation is 1. The van der Waals surface area contributed by atoms with E-state index in [1.807, 2.05) is 47.9 Å². The van der Waals surface area contributed by atoms with Gasteiger partial charge >= 0.3 is 0 Å². The minimum atomic E-state index is -0.169. The fraction of sp³-hybridized carbons (Fsp3) is 0.208. The molecule has 2 aromatic heterocycles. The molecule has 0 bridgehead atoms. The van der Waals surface area contributed by atoms with Crippen LogP contribution in [0.1, 0.15) is 11.3 Å². The minimum Gasteiger partial charge on any atom is -0.486 e. The highest BCUT2D eigenvalue weighted by Crippen LogP contribution is 2.38. The van der Waals surface area contributed by atoms with Crippen molar-refractivity contribution in [2.45, 2.75) is 18.6 Å². The molecule has 10 heteroatoms. The number of nitrogens with zero attached hydrogens (tertiary/aromatic N) is 3. The summed E-state index contributed by atoms with van der Waals surface area (Å²) >= 11 is 4.82. The van der Waals surface area contributed by atoms with Gasteiger partial charge in [-0.2, -0.15) is 0 Å². The molecule has 2 aromatic carbocycles. The van der Waals surface area contributed by atoms with Crippen LogP contribution < -0.4 is 14.8 Å². The van der Waals surface area contributed by atoms with Crippen molar-refractivity contribution >= 4 is 39.3 Å². The van der Waals surface area contributed by atoms with Gasteiger partial charge in [0.2, 0.25) is 5.91 Å². The molecule has 4 aromatic rings. The Morgan fingerprint density at radius 2 is 1.88 bits per heavy atom. The summed E-state index contributed by atoms with van der Waals surface area (Å²) in [6.07, 6.45) is 1.64. The van der Waals surface area contributed by atoms with Gasteiger partial charge in [-0.05, 0) is 34.5 Å². The number of aromatic nitrogens is 3. The standard InChI is InChI=1S/C24H21BrN4O4S/c1-15-17(7-8-31-15)23-27-28-24(29(23)13-16-5-3-2-4-6-16)34-14-22(30)26-19-12-21-20(11-18(19)25)32-9-10-33-21/h2-8,11-12H,9-10,13-14H2,1H3,(H,26,30). The van der Waals surface area contributed by atoms with E-state index in [1.54, 1.807) is 18.4 Å². The van der Waals surface area contributed by atoms with Crippen molar-refractivity contribution in [3.05, 3.63) is 70.6 Å². The first-order valence-corrected chi connectivity index (χ1v) is 12.4. The van der Waals surface area contributed by atoms with Crippen molar-refractivity contribution in [3.63, 3.8) is 0 Å². The Kier molecular flexibility index (Phi) is 6.59. The lowest BCUT2D eigenvalue weighted by Crippen LogP contribution is -2.18. The SMILES string of the molecule is Cc1occc1-c1nnc(SCC(=O)Nc2cc3c(cc2Br)OCCO3)n1Cc1ccccc1. The molecule has 0 fully saturated rings. The van der Waals surface area contributed by atoms with Crippen LogP contribution in [0, 0.1) is 6.92 Å². The summed E-state index contributed by atoms with van der Waals surface area (Å²) in [6, 6.07) is 15.5. The highest BCUT2D eigenvalue weighted by molar-refractivity contribution is 9.10. The number of amides is 1. The van der Waals surface area contributed by atoms with E-state index in [-0.39, 0.29) is 11.7 Å². The first-order valence-electron chi connectivity index (χ1n) is 10.6. The summed E-state index contributed by atoms with van der Waals surface area (Å²) in [7, 11) is 0. The number of halogens is 1.